The molecule has 1 atom stereocenters. The van der Waals surface area contributed by atoms with Gasteiger partial charge in [0.2, 0.25) is 5.91 Å². The number of carbonyl (C=O) groups is 1. The fraction of sp³-hybridized carbons (Fsp3) is 0.261. The van der Waals surface area contributed by atoms with E-state index in [2.05, 4.69) is 5.32 Å². The summed E-state index contributed by atoms with van der Waals surface area (Å²) in [5.41, 5.74) is 1.05. The zero-order valence-corrected chi connectivity index (χ0v) is 18.9. The van der Waals surface area contributed by atoms with Gasteiger partial charge in [0.25, 0.3) is 0 Å². The highest BCUT2D eigenvalue weighted by molar-refractivity contribution is 7.91. The monoisotopic (exact) mass is 461 g/mol. The summed E-state index contributed by atoms with van der Waals surface area (Å²) in [6.07, 6.45) is 0.124. The van der Waals surface area contributed by atoms with Crippen molar-refractivity contribution >= 4 is 27.1 Å². The minimum Gasteiger partial charge on any atom is -0.494 e. The molecule has 1 aromatic heterocycles. The third kappa shape index (κ3) is 5.71. The van der Waals surface area contributed by atoms with E-state index in [-0.39, 0.29) is 29.3 Å². The normalized spacial score (nSPS) is 12.4. The van der Waals surface area contributed by atoms with Crippen LogP contribution >= 0.6 is 11.3 Å². The highest BCUT2D eigenvalue weighted by Gasteiger charge is 2.30. The van der Waals surface area contributed by atoms with Gasteiger partial charge in [-0.15, -0.1) is 11.3 Å². The molecule has 0 aliphatic carbocycles. The van der Waals surface area contributed by atoms with Crippen LogP contribution in [0.4, 0.5) is 4.39 Å². The first-order chi connectivity index (χ1) is 14.8. The SMILES string of the molecule is CCOc1ccc(CC(=O)NC[C@H](c2cccs2)S(=O)(=O)c2ccc(F)c(C)c2)cc1. The number of hydrogen-bond acceptors (Lipinski definition) is 5. The van der Waals surface area contributed by atoms with E-state index in [0.29, 0.717) is 11.5 Å². The molecule has 3 aromatic rings. The lowest BCUT2D eigenvalue weighted by Crippen LogP contribution is -2.32. The zero-order valence-electron chi connectivity index (χ0n) is 17.3. The Morgan fingerprint density at radius 1 is 1.16 bits per heavy atom. The maximum absolute atomic E-state index is 13.6. The van der Waals surface area contributed by atoms with E-state index in [1.165, 1.54) is 30.4 Å². The molecule has 0 spiro atoms. The molecule has 0 saturated heterocycles. The predicted molar refractivity (Wildman–Crippen MR) is 120 cm³/mol. The topological polar surface area (TPSA) is 72.5 Å². The molecule has 0 unspecified atom stereocenters. The van der Waals surface area contributed by atoms with Gasteiger partial charge in [0.05, 0.1) is 17.9 Å². The van der Waals surface area contributed by atoms with E-state index < -0.39 is 20.9 Å². The Kier molecular flexibility index (Phi) is 7.46. The first kappa shape index (κ1) is 23.0. The Hall–Kier alpha value is -2.71. The van der Waals surface area contributed by atoms with Gasteiger partial charge in [-0.05, 0) is 66.8 Å². The van der Waals surface area contributed by atoms with Gasteiger partial charge in [-0.25, -0.2) is 12.8 Å². The van der Waals surface area contributed by atoms with Crippen molar-refractivity contribution in [3.63, 3.8) is 0 Å². The van der Waals surface area contributed by atoms with Gasteiger partial charge in [-0.1, -0.05) is 18.2 Å². The summed E-state index contributed by atoms with van der Waals surface area (Å²) >= 11 is 1.30. The third-order valence-electron chi connectivity index (χ3n) is 4.78. The number of aryl methyl sites for hydroxylation is 1. The zero-order chi connectivity index (χ0) is 22.4. The number of carbonyl (C=O) groups excluding carboxylic acids is 1. The number of sulfone groups is 1. The lowest BCUT2D eigenvalue weighted by molar-refractivity contribution is -0.120. The number of halogens is 1. The fourth-order valence-corrected chi connectivity index (χ4v) is 5.99. The maximum Gasteiger partial charge on any atom is 0.224 e. The molecule has 31 heavy (non-hydrogen) atoms. The predicted octanol–water partition coefficient (Wildman–Crippen LogP) is 4.47. The summed E-state index contributed by atoms with van der Waals surface area (Å²) in [6, 6.07) is 14.4. The van der Waals surface area contributed by atoms with Crippen molar-refractivity contribution in [1.82, 2.24) is 5.32 Å². The number of rotatable bonds is 9. The van der Waals surface area contributed by atoms with E-state index in [1.807, 2.05) is 6.92 Å². The minimum absolute atomic E-state index is 0.0329. The lowest BCUT2D eigenvalue weighted by Gasteiger charge is -2.18. The Morgan fingerprint density at radius 2 is 1.90 bits per heavy atom. The number of benzene rings is 2. The molecule has 0 aliphatic heterocycles. The Morgan fingerprint density at radius 3 is 2.52 bits per heavy atom. The van der Waals surface area contributed by atoms with Crippen LogP contribution in [-0.4, -0.2) is 27.5 Å². The largest absolute Gasteiger partial charge is 0.494 e. The summed E-state index contributed by atoms with van der Waals surface area (Å²) in [7, 11) is -3.83. The maximum atomic E-state index is 13.6. The molecule has 5 nitrogen and oxygen atoms in total. The van der Waals surface area contributed by atoms with Gasteiger partial charge in [0, 0.05) is 11.4 Å². The van der Waals surface area contributed by atoms with Crippen molar-refractivity contribution in [2.75, 3.05) is 13.2 Å². The average Bonchev–Trinajstić information content (AvgIpc) is 3.26. The van der Waals surface area contributed by atoms with Crippen molar-refractivity contribution in [3.05, 3.63) is 81.8 Å². The molecule has 0 fully saturated rings. The van der Waals surface area contributed by atoms with Crippen molar-refractivity contribution in [2.45, 2.75) is 30.4 Å². The average molecular weight is 462 g/mol. The van der Waals surface area contributed by atoms with Crippen LogP contribution in [0.2, 0.25) is 0 Å². The molecular formula is C23H24FNO4S2. The van der Waals surface area contributed by atoms with Gasteiger partial charge in [0.15, 0.2) is 9.84 Å². The second-order valence-electron chi connectivity index (χ2n) is 7.02. The van der Waals surface area contributed by atoms with Gasteiger partial charge in [-0.2, -0.15) is 0 Å². The van der Waals surface area contributed by atoms with Crippen LogP contribution in [0.5, 0.6) is 5.75 Å². The van der Waals surface area contributed by atoms with Crippen molar-refractivity contribution in [3.8, 4) is 5.75 Å². The van der Waals surface area contributed by atoms with Gasteiger partial charge in [0.1, 0.15) is 16.8 Å². The van der Waals surface area contributed by atoms with Crippen LogP contribution in [-0.2, 0) is 21.1 Å². The molecule has 3 rings (SSSR count). The summed E-state index contributed by atoms with van der Waals surface area (Å²) in [6.45, 7) is 3.90. The van der Waals surface area contributed by atoms with E-state index in [1.54, 1.807) is 41.8 Å². The molecular weight excluding hydrogens is 437 g/mol. The number of ether oxygens (including phenoxy) is 1. The highest BCUT2D eigenvalue weighted by Crippen LogP contribution is 2.32. The lowest BCUT2D eigenvalue weighted by atomic mass is 10.1. The molecule has 2 aromatic carbocycles. The fourth-order valence-electron chi connectivity index (χ4n) is 3.12. The van der Waals surface area contributed by atoms with Crippen LogP contribution in [0.25, 0.3) is 0 Å². The van der Waals surface area contributed by atoms with E-state index in [4.69, 9.17) is 4.74 Å². The van der Waals surface area contributed by atoms with Crippen LogP contribution in [0.1, 0.15) is 28.2 Å². The molecule has 8 heteroatoms. The number of thiophene rings is 1. The van der Waals surface area contributed by atoms with Crippen molar-refractivity contribution < 1.29 is 22.3 Å². The number of nitrogens with one attached hydrogen (secondary N) is 1. The second-order valence-corrected chi connectivity index (χ2v) is 10.1. The summed E-state index contributed by atoms with van der Waals surface area (Å²) < 4.78 is 45.6. The quantitative estimate of drug-likeness (QED) is 0.477. The van der Waals surface area contributed by atoms with Gasteiger partial charge >= 0.3 is 0 Å². The summed E-state index contributed by atoms with van der Waals surface area (Å²) in [5, 5.41) is 3.57. The van der Waals surface area contributed by atoms with Crippen LogP contribution < -0.4 is 10.1 Å². The number of hydrogen-bond donors (Lipinski definition) is 1. The molecule has 0 aliphatic rings. The molecule has 164 valence electrons. The Labute approximate surface area is 185 Å². The van der Waals surface area contributed by atoms with E-state index in [9.17, 15) is 17.6 Å². The van der Waals surface area contributed by atoms with Crippen LogP contribution in [0.15, 0.2) is 64.9 Å². The summed E-state index contributed by atoms with van der Waals surface area (Å²) in [4.78, 5) is 13.1. The number of amides is 1. The van der Waals surface area contributed by atoms with E-state index in [0.717, 1.165) is 17.4 Å². The highest BCUT2D eigenvalue weighted by atomic mass is 32.2. The minimum atomic E-state index is -3.83. The Bertz CT molecular complexity index is 1130. The standard InChI is InChI=1S/C23H24FNO4S2/c1-3-29-18-8-6-17(7-9-18)14-23(26)25-15-22(21-5-4-12-30-21)31(27,28)19-10-11-20(24)16(2)13-19/h4-13,22H,3,14-15H2,1-2H3,(H,25,26)/t22-/m1/s1. The first-order valence-corrected chi connectivity index (χ1v) is 12.3. The smallest absolute Gasteiger partial charge is 0.224 e. The second kappa shape index (κ2) is 10.1. The molecule has 1 heterocycles. The van der Waals surface area contributed by atoms with Gasteiger partial charge < -0.3 is 10.1 Å². The molecule has 0 saturated carbocycles. The van der Waals surface area contributed by atoms with Gasteiger partial charge in [-0.3, -0.25) is 4.79 Å². The molecule has 1 N–H and O–H groups in total. The molecule has 0 radical (unpaired) electrons. The van der Waals surface area contributed by atoms with Crippen LogP contribution in [0, 0.1) is 12.7 Å². The Balaban J connectivity index is 1.74. The van der Waals surface area contributed by atoms with Crippen LogP contribution in [0.3, 0.4) is 0 Å². The van der Waals surface area contributed by atoms with Crippen molar-refractivity contribution in [1.29, 1.82) is 0 Å². The first-order valence-electron chi connectivity index (χ1n) is 9.83. The van der Waals surface area contributed by atoms with Crippen molar-refractivity contribution in [2.24, 2.45) is 0 Å². The molecule has 1 amide bonds. The third-order valence-corrected chi connectivity index (χ3v) is 7.99. The molecule has 0 bridgehead atoms. The van der Waals surface area contributed by atoms with E-state index >= 15 is 0 Å². The summed E-state index contributed by atoms with van der Waals surface area (Å²) in [5.74, 6) is -0.0170.